The van der Waals surface area contributed by atoms with Gasteiger partial charge in [0.2, 0.25) is 0 Å². The van der Waals surface area contributed by atoms with Gasteiger partial charge in [0.1, 0.15) is 5.75 Å². The summed E-state index contributed by atoms with van der Waals surface area (Å²) in [6, 6.07) is 5.16. The minimum atomic E-state index is -1.48. The zero-order valence-corrected chi connectivity index (χ0v) is 7.10. The van der Waals surface area contributed by atoms with Gasteiger partial charge in [0.25, 0.3) is 5.91 Å². The molecule has 0 spiro atoms. The fraction of sp³-hybridized carbons (Fsp3) is 0.111. The van der Waals surface area contributed by atoms with Crippen LogP contribution >= 0.6 is 0 Å². The van der Waals surface area contributed by atoms with E-state index < -0.39 is 17.8 Å². The zero-order chi connectivity index (χ0) is 10.7. The first-order chi connectivity index (χ1) is 6.52. The second kappa shape index (κ2) is 3.78. The summed E-state index contributed by atoms with van der Waals surface area (Å²) in [5, 5.41) is 17.6. The van der Waals surface area contributed by atoms with Crippen molar-refractivity contribution >= 4 is 11.9 Å². The smallest absolute Gasteiger partial charge is 0.320 e. The monoisotopic (exact) mass is 194 g/mol. The van der Waals surface area contributed by atoms with Crippen LogP contribution in [-0.2, 0) is 9.59 Å². The minimum absolute atomic E-state index is 0.0182. The van der Waals surface area contributed by atoms with Crippen LogP contribution < -0.4 is 5.73 Å². The molecule has 1 aromatic carbocycles. The molecule has 1 rings (SSSR count). The van der Waals surface area contributed by atoms with E-state index in [1.165, 1.54) is 24.3 Å². The molecule has 1 radical (unpaired) electrons. The Balaban J connectivity index is 3.06. The number of hydrogen-bond acceptors (Lipinski definition) is 3. The van der Waals surface area contributed by atoms with E-state index in [1.54, 1.807) is 0 Å². The molecule has 5 nitrogen and oxygen atoms in total. The number of benzene rings is 1. The lowest BCUT2D eigenvalue weighted by molar-refractivity contribution is -0.142. The Morgan fingerprint density at radius 2 is 1.71 bits per heavy atom. The Labute approximate surface area is 79.8 Å². The van der Waals surface area contributed by atoms with Gasteiger partial charge < -0.3 is 10.2 Å². The molecule has 3 N–H and O–H groups in total. The van der Waals surface area contributed by atoms with Crippen LogP contribution in [0.25, 0.3) is 0 Å². The van der Waals surface area contributed by atoms with Crippen molar-refractivity contribution in [2.24, 2.45) is 0 Å². The average molecular weight is 194 g/mol. The Hall–Kier alpha value is -2.04. The van der Waals surface area contributed by atoms with Crippen molar-refractivity contribution in [2.75, 3.05) is 0 Å². The number of carboxylic acids is 1. The van der Waals surface area contributed by atoms with Crippen molar-refractivity contribution in [2.45, 2.75) is 5.92 Å². The van der Waals surface area contributed by atoms with Gasteiger partial charge in [-0.05, 0) is 17.7 Å². The fourth-order valence-electron chi connectivity index (χ4n) is 1.07. The zero-order valence-electron chi connectivity index (χ0n) is 7.10. The van der Waals surface area contributed by atoms with Gasteiger partial charge in [-0.15, -0.1) is 0 Å². The SMILES string of the molecule is [NH]C(=O)C(C(=O)O)c1ccc(O)cc1. The first-order valence-electron chi connectivity index (χ1n) is 3.79. The molecule has 14 heavy (non-hydrogen) atoms. The van der Waals surface area contributed by atoms with Crippen molar-refractivity contribution in [1.29, 1.82) is 0 Å². The number of nitrogens with one attached hydrogen (secondary N) is 1. The number of carbonyl (C=O) groups excluding carboxylic acids is 1. The first kappa shape index (κ1) is 10.0. The summed E-state index contributed by atoms with van der Waals surface area (Å²) in [7, 11) is 0. The highest BCUT2D eigenvalue weighted by Gasteiger charge is 2.26. The summed E-state index contributed by atoms with van der Waals surface area (Å²) < 4.78 is 0. The molecule has 0 saturated heterocycles. The Morgan fingerprint density at radius 1 is 1.21 bits per heavy atom. The Bertz CT molecular complexity index is 344. The maximum Gasteiger partial charge on any atom is 0.320 e. The fourth-order valence-corrected chi connectivity index (χ4v) is 1.07. The number of phenolic OH excluding ortho intramolecular Hbond substituents is 1. The van der Waals surface area contributed by atoms with Crippen LogP contribution in [0.1, 0.15) is 11.5 Å². The molecule has 73 valence electrons. The third-order valence-electron chi connectivity index (χ3n) is 1.74. The molecular weight excluding hydrogens is 186 g/mol. The average Bonchev–Trinajstić information content (AvgIpc) is 2.07. The van der Waals surface area contributed by atoms with Gasteiger partial charge >= 0.3 is 5.97 Å². The molecule has 1 amide bonds. The Morgan fingerprint density at radius 3 is 2.07 bits per heavy atom. The van der Waals surface area contributed by atoms with E-state index in [1.807, 2.05) is 0 Å². The van der Waals surface area contributed by atoms with Crippen molar-refractivity contribution in [3.8, 4) is 5.75 Å². The third-order valence-corrected chi connectivity index (χ3v) is 1.74. The van der Waals surface area contributed by atoms with Crippen LogP contribution in [0.5, 0.6) is 5.75 Å². The number of aromatic hydroxyl groups is 1. The van der Waals surface area contributed by atoms with Gasteiger partial charge in [-0.2, -0.15) is 0 Å². The van der Waals surface area contributed by atoms with Crippen LogP contribution in [-0.4, -0.2) is 22.1 Å². The second-order valence-electron chi connectivity index (χ2n) is 2.73. The van der Waals surface area contributed by atoms with Crippen LogP contribution in [0.15, 0.2) is 24.3 Å². The minimum Gasteiger partial charge on any atom is -0.508 e. The molecule has 5 heteroatoms. The molecule has 1 aromatic rings. The molecule has 1 atom stereocenters. The molecule has 0 aromatic heterocycles. The number of carbonyl (C=O) groups is 2. The summed E-state index contributed by atoms with van der Waals surface area (Å²) in [6.45, 7) is 0. The van der Waals surface area contributed by atoms with Gasteiger partial charge in [-0.25, -0.2) is 0 Å². The maximum atomic E-state index is 10.7. The third kappa shape index (κ3) is 2.01. The number of carboxylic acid groups (broad SMARTS) is 1. The first-order valence-corrected chi connectivity index (χ1v) is 3.79. The largest absolute Gasteiger partial charge is 0.508 e. The lowest BCUT2D eigenvalue weighted by atomic mass is 9.99. The molecule has 0 aliphatic rings. The van der Waals surface area contributed by atoms with Gasteiger partial charge in [-0.1, -0.05) is 12.1 Å². The van der Waals surface area contributed by atoms with E-state index in [9.17, 15) is 9.59 Å². The van der Waals surface area contributed by atoms with E-state index in [2.05, 4.69) is 0 Å². The standard InChI is InChI=1S/C9H8NO4/c10-8(12)7(9(13)14)5-1-3-6(11)4-2-5/h1-4,7,10-11H,(H,13,14). The number of rotatable bonds is 3. The van der Waals surface area contributed by atoms with Gasteiger partial charge in [0.15, 0.2) is 5.92 Å². The highest BCUT2D eigenvalue weighted by Crippen LogP contribution is 2.19. The molecule has 0 bridgehead atoms. The molecular formula is C9H8NO4. The number of hydrogen-bond donors (Lipinski definition) is 2. The molecule has 1 unspecified atom stereocenters. The summed E-state index contributed by atoms with van der Waals surface area (Å²) in [5.41, 5.74) is 6.96. The van der Waals surface area contributed by atoms with Gasteiger partial charge in [0.05, 0.1) is 0 Å². The molecule has 0 aliphatic carbocycles. The predicted molar refractivity (Wildman–Crippen MR) is 46.6 cm³/mol. The van der Waals surface area contributed by atoms with Crippen LogP contribution in [0.4, 0.5) is 0 Å². The van der Waals surface area contributed by atoms with Crippen LogP contribution in [0, 0.1) is 0 Å². The predicted octanol–water partition coefficient (Wildman–Crippen LogP) is 0.370. The van der Waals surface area contributed by atoms with E-state index in [0.717, 1.165) is 0 Å². The van der Waals surface area contributed by atoms with Crippen molar-refractivity contribution < 1.29 is 19.8 Å². The van der Waals surface area contributed by atoms with E-state index in [0.29, 0.717) is 0 Å². The van der Waals surface area contributed by atoms with Crippen molar-refractivity contribution in [1.82, 2.24) is 5.73 Å². The van der Waals surface area contributed by atoms with Crippen LogP contribution in [0.2, 0.25) is 0 Å². The summed E-state index contributed by atoms with van der Waals surface area (Å²) in [6.07, 6.45) is 0. The van der Waals surface area contributed by atoms with E-state index in [-0.39, 0.29) is 11.3 Å². The quantitative estimate of drug-likeness (QED) is 0.679. The highest BCUT2D eigenvalue weighted by atomic mass is 16.4. The van der Waals surface area contributed by atoms with E-state index in [4.69, 9.17) is 15.9 Å². The second-order valence-corrected chi connectivity index (χ2v) is 2.73. The lowest BCUT2D eigenvalue weighted by Crippen LogP contribution is -2.22. The lowest BCUT2D eigenvalue weighted by Gasteiger charge is -2.07. The number of amides is 1. The maximum absolute atomic E-state index is 10.7. The summed E-state index contributed by atoms with van der Waals surface area (Å²) in [4.78, 5) is 21.3. The van der Waals surface area contributed by atoms with E-state index >= 15 is 0 Å². The molecule has 0 saturated carbocycles. The van der Waals surface area contributed by atoms with Gasteiger partial charge in [0, 0.05) is 0 Å². The topological polar surface area (TPSA) is 98.4 Å². The van der Waals surface area contributed by atoms with Crippen molar-refractivity contribution in [3.63, 3.8) is 0 Å². The Kier molecular flexibility index (Phi) is 2.71. The molecule has 0 heterocycles. The number of phenols is 1. The van der Waals surface area contributed by atoms with Crippen molar-refractivity contribution in [3.05, 3.63) is 29.8 Å². The molecule has 0 aliphatic heterocycles. The summed E-state index contributed by atoms with van der Waals surface area (Å²) >= 11 is 0. The normalized spacial score (nSPS) is 12.0. The van der Waals surface area contributed by atoms with Crippen LogP contribution in [0.3, 0.4) is 0 Å². The molecule has 0 fully saturated rings. The number of aliphatic carboxylic acids is 1. The van der Waals surface area contributed by atoms with Gasteiger partial charge in [-0.3, -0.25) is 15.3 Å². The summed E-state index contributed by atoms with van der Waals surface area (Å²) in [5.74, 6) is -4.04. The highest BCUT2D eigenvalue weighted by molar-refractivity contribution is 6.01.